The number of rotatable bonds is 5. The number of benzene rings is 1. The molecule has 0 atom stereocenters. The van der Waals surface area contributed by atoms with Gasteiger partial charge in [-0.15, -0.1) is 0 Å². The molecule has 2 aromatic rings. The fourth-order valence-corrected chi connectivity index (χ4v) is 1.57. The second-order valence-electron chi connectivity index (χ2n) is 3.69. The topological polar surface area (TPSA) is 51.0 Å². The first-order valence-corrected chi connectivity index (χ1v) is 5.92. The molecular formula is C12H14ClN3O. The number of nitrogens with zero attached hydrogens (tertiary/aromatic N) is 2. The van der Waals surface area contributed by atoms with E-state index in [1.165, 1.54) is 0 Å². The Balaban J connectivity index is 1.98. The molecule has 2 rings (SSSR count). The van der Waals surface area contributed by atoms with E-state index in [2.05, 4.69) is 15.5 Å². The summed E-state index contributed by atoms with van der Waals surface area (Å²) in [5.74, 6) is 1.32. The first-order valence-electron chi connectivity index (χ1n) is 5.54. The second-order valence-corrected chi connectivity index (χ2v) is 4.12. The largest absolute Gasteiger partial charge is 0.339 e. The molecule has 0 amide bonds. The van der Waals surface area contributed by atoms with Crippen LogP contribution in [0.3, 0.4) is 0 Å². The Morgan fingerprint density at radius 1 is 1.29 bits per heavy atom. The SMILES string of the molecule is CCNCc1noc(Cc2ccc(Cl)cc2)n1. The summed E-state index contributed by atoms with van der Waals surface area (Å²) in [6.07, 6.45) is 0.635. The summed E-state index contributed by atoms with van der Waals surface area (Å²) in [6.45, 7) is 3.57. The Bertz CT molecular complexity index is 467. The van der Waals surface area contributed by atoms with Gasteiger partial charge in [-0.1, -0.05) is 35.8 Å². The molecule has 90 valence electrons. The van der Waals surface area contributed by atoms with Gasteiger partial charge in [0.1, 0.15) is 0 Å². The van der Waals surface area contributed by atoms with Gasteiger partial charge in [0.2, 0.25) is 5.89 Å². The summed E-state index contributed by atoms with van der Waals surface area (Å²) in [6, 6.07) is 7.62. The van der Waals surface area contributed by atoms with Crippen molar-refractivity contribution in [1.82, 2.24) is 15.5 Å². The normalized spacial score (nSPS) is 10.7. The summed E-state index contributed by atoms with van der Waals surface area (Å²) in [5.41, 5.74) is 1.10. The molecule has 1 heterocycles. The van der Waals surface area contributed by atoms with Crippen molar-refractivity contribution in [1.29, 1.82) is 0 Å². The maximum atomic E-state index is 5.82. The first-order chi connectivity index (χ1) is 8.28. The van der Waals surface area contributed by atoms with Gasteiger partial charge in [-0.2, -0.15) is 4.98 Å². The fourth-order valence-electron chi connectivity index (χ4n) is 1.45. The van der Waals surface area contributed by atoms with Gasteiger partial charge in [-0.3, -0.25) is 0 Å². The van der Waals surface area contributed by atoms with Gasteiger partial charge >= 0.3 is 0 Å². The molecule has 1 aromatic heterocycles. The van der Waals surface area contributed by atoms with Crippen molar-refractivity contribution in [2.45, 2.75) is 19.9 Å². The molecule has 0 spiro atoms. The van der Waals surface area contributed by atoms with Gasteiger partial charge in [-0.25, -0.2) is 0 Å². The van der Waals surface area contributed by atoms with Crippen LogP contribution in [0.25, 0.3) is 0 Å². The van der Waals surface area contributed by atoms with Gasteiger partial charge in [0.15, 0.2) is 5.82 Å². The molecule has 0 aliphatic carbocycles. The van der Waals surface area contributed by atoms with E-state index in [4.69, 9.17) is 16.1 Å². The van der Waals surface area contributed by atoms with Gasteiger partial charge in [-0.05, 0) is 24.2 Å². The van der Waals surface area contributed by atoms with Crippen LogP contribution in [0, 0.1) is 0 Å². The van der Waals surface area contributed by atoms with E-state index in [0.29, 0.717) is 24.7 Å². The molecule has 17 heavy (non-hydrogen) atoms. The van der Waals surface area contributed by atoms with E-state index in [1.54, 1.807) is 0 Å². The van der Waals surface area contributed by atoms with Crippen molar-refractivity contribution in [3.8, 4) is 0 Å². The average Bonchev–Trinajstić information content (AvgIpc) is 2.77. The van der Waals surface area contributed by atoms with Crippen molar-refractivity contribution in [2.24, 2.45) is 0 Å². The van der Waals surface area contributed by atoms with Gasteiger partial charge < -0.3 is 9.84 Å². The third kappa shape index (κ3) is 3.54. The zero-order valence-corrected chi connectivity index (χ0v) is 10.4. The highest BCUT2D eigenvalue weighted by molar-refractivity contribution is 6.30. The van der Waals surface area contributed by atoms with Gasteiger partial charge in [0, 0.05) is 5.02 Å². The average molecular weight is 252 g/mol. The van der Waals surface area contributed by atoms with Crippen LogP contribution in [0.4, 0.5) is 0 Å². The van der Waals surface area contributed by atoms with Crippen molar-refractivity contribution >= 4 is 11.6 Å². The first kappa shape index (κ1) is 12.1. The molecule has 1 aromatic carbocycles. The quantitative estimate of drug-likeness (QED) is 0.887. The van der Waals surface area contributed by atoms with Crippen LogP contribution >= 0.6 is 11.6 Å². The van der Waals surface area contributed by atoms with Crippen LogP contribution in [0.1, 0.15) is 24.2 Å². The fraction of sp³-hybridized carbons (Fsp3) is 0.333. The molecule has 0 aliphatic heterocycles. The zero-order valence-electron chi connectivity index (χ0n) is 9.61. The molecule has 1 N–H and O–H groups in total. The van der Waals surface area contributed by atoms with Crippen LogP contribution in [0.2, 0.25) is 5.02 Å². The molecular weight excluding hydrogens is 238 g/mol. The number of aromatic nitrogens is 2. The number of halogens is 1. The lowest BCUT2D eigenvalue weighted by Crippen LogP contribution is -2.12. The standard InChI is InChI=1S/C12H14ClN3O/c1-2-14-8-11-15-12(17-16-11)7-9-3-5-10(13)6-4-9/h3-6,14H,2,7-8H2,1H3. The molecule has 0 bridgehead atoms. The summed E-state index contributed by atoms with van der Waals surface area (Å²) >= 11 is 5.82. The number of hydrogen-bond acceptors (Lipinski definition) is 4. The highest BCUT2D eigenvalue weighted by atomic mass is 35.5. The van der Waals surface area contributed by atoms with Crippen LogP contribution in [0.15, 0.2) is 28.8 Å². The van der Waals surface area contributed by atoms with E-state index in [-0.39, 0.29) is 0 Å². The van der Waals surface area contributed by atoms with E-state index < -0.39 is 0 Å². The molecule has 0 unspecified atom stereocenters. The van der Waals surface area contributed by atoms with Crippen LogP contribution in [0.5, 0.6) is 0 Å². The Hall–Kier alpha value is -1.39. The summed E-state index contributed by atoms with van der Waals surface area (Å²) < 4.78 is 5.16. The lowest BCUT2D eigenvalue weighted by atomic mass is 10.1. The van der Waals surface area contributed by atoms with Crippen molar-refractivity contribution in [2.75, 3.05) is 6.54 Å². The van der Waals surface area contributed by atoms with Crippen molar-refractivity contribution < 1.29 is 4.52 Å². The minimum absolute atomic E-state index is 0.625. The van der Waals surface area contributed by atoms with E-state index in [9.17, 15) is 0 Å². The van der Waals surface area contributed by atoms with E-state index in [0.717, 1.165) is 17.1 Å². The van der Waals surface area contributed by atoms with Crippen LogP contribution < -0.4 is 5.32 Å². The maximum Gasteiger partial charge on any atom is 0.231 e. The zero-order chi connectivity index (χ0) is 12.1. The summed E-state index contributed by atoms with van der Waals surface area (Å²) in [4.78, 5) is 4.29. The lowest BCUT2D eigenvalue weighted by Gasteiger charge is -1.96. The summed E-state index contributed by atoms with van der Waals surface area (Å²) in [7, 11) is 0. The van der Waals surface area contributed by atoms with Gasteiger partial charge in [0.05, 0.1) is 13.0 Å². The number of hydrogen-bond donors (Lipinski definition) is 1. The molecule has 0 fully saturated rings. The predicted molar refractivity (Wildman–Crippen MR) is 65.9 cm³/mol. The van der Waals surface area contributed by atoms with Crippen molar-refractivity contribution in [3.05, 3.63) is 46.6 Å². The van der Waals surface area contributed by atoms with Crippen LogP contribution in [-0.2, 0) is 13.0 Å². The molecule has 0 radical (unpaired) electrons. The number of nitrogens with one attached hydrogen (secondary N) is 1. The maximum absolute atomic E-state index is 5.82. The highest BCUT2D eigenvalue weighted by Crippen LogP contribution is 2.12. The lowest BCUT2D eigenvalue weighted by molar-refractivity contribution is 0.378. The smallest absolute Gasteiger partial charge is 0.231 e. The highest BCUT2D eigenvalue weighted by Gasteiger charge is 2.06. The summed E-state index contributed by atoms with van der Waals surface area (Å²) in [5, 5.41) is 7.77. The Labute approximate surface area is 105 Å². The van der Waals surface area contributed by atoms with Crippen molar-refractivity contribution in [3.63, 3.8) is 0 Å². The third-order valence-electron chi connectivity index (χ3n) is 2.31. The molecule has 5 heteroatoms. The Morgan fingerprint density at radius 3 is 2.76 bits per heavy atom. The van der Waals surface area contributed by atoms with Gasteiger partial charge in [0.25, 0.3) is 0 Å². The van der Waals surface area contributed by atoms with E-state index in [1.807, 2.05) is 31.2 Å². The Morgan fingerprint density at radius 2 is 2.06 bits per heavy atom. The monoisotopic (exact) mass is 251 g/mol. The predicted octanol–water partition coefficient (Wildman–Crippen LogP) is 2.42. The van der Waals surface area contributed by atoms with E-state index >= 15 is 0 Å². The molecule has 0 saturated carbocycles. The molecule has 0 saturated heterocycles. The minimum Gasteiger partial charge on any atom is -0.339 e. The molecule has 4 nitrogen and oxygen atoms in total. The minimum atomic E-state index is 0.625. The Kier molecular flexibility index (Phi) is 4.12. The third-order valence-corrected chi connectivity index (χ3v) is 2.56. The second kappa shape index (κ2) is 5.80. The van der Waals surface area contributed by atoms with Crippen LogP contribution in [-0.4, -0.2) is 16.7 Å². The molecule has 0 aliphatic rings.